The summed E-state index contributed by atoms with van der Waals surface area (Å²) in [7, 11) is 0. The second-order valence-corrected chi connectivity index (χ2v) is 5.87. The van der Waals surface area contributed by atoms with Crippen LogP contribution in [0.25, 0.3) is 0 Å². The van der Waals surface area contributed by atoms with Gasteiger partial charge in [-0.3, -0.25) is 14.5 Å². The predicted octanol–water partition coefficient (Wildman–Crippen LogP) is -0.112. The zero-order chi connectivity index (χ0) is 17.4. The zero-order valence-electron chi connectivity index (χ0n) is 14.0. The molecule has 1 aromatic rings. The summed E-state index contributed by atoms with van der Waals surface area (Å²) in [4.78, 5) is 25.9. The van der Waals surface area contributed by atoms with Crippen LogP contribution in [0.2, 0.25) is 0 Å². The smallest absolute Gasteiger partial charge is 0.243 e. The first-order valence-corrected chi connectivity index (χ1v) is 8.17. The highest BCUT2D eigenvalue weighted by Crippen LogP contribution is 2.09. The molecule has 0 radical (unpaired) electrons. The Balaban J connectivity index is 1.82. The molecule has 1 fully saturated rings. The molecule has 1 atom stereocenters. The van der Waals surface area contributed by atoms with Crippen LogP contribution < -0.4 is 10.6 Å². The van der Waals surface area contributed by atoms with E-state index in [1.807, 2.05) is 12.1 Å². The maximum Gasteiger partial charge on any atom is 0.243 e. The Morgan fingerprint density at radius 1 is 1.25 bits per heavy atom. The number of ether oxygens (including phenoxy) is 1. The second-order valence-electron chi connectivity index (χ2n) is 5.87. The van der Waals surface area contributed by atoms with E-state index in [-0.39, 0.29) is 17.6 Å². The molecule has 7 nitrogen and oxygen atoms in total. The number of carbonyl (C=O) groups excluding carboxylic acids is 2. The van der Waals surface area contributed by atoms with Crippen molar-refractivity contribution in [1.82, 2.24) is 15.5 Å². The summed E-state index contributed by atoms with van der Waals surface area (Å²) >= 11 is 0. The van der Waals surface area contributed by atoms with Gasteiger partial charge in [-0.05, 0) is 24.1 Å². The minimum atomic E-state index is -0.569. The monoisotopic (exact) mass is 335 g/mol. The minimum Gasteiger partial charge on any atom is -0.508 e. The fourth-order valence-corrected chi connectivity index (χ4v) is 2.60. The van der Waals surface area contributed by atoms with Crippen molar-refractivity contribution >= 4 is 11.8 Å². The van der Waals surface area contributed by atoms with Gasteiger partial charge >= 0.3 is 0 Å². The number of nitrogens with zero attached hydrogens (tertiary/aromatic N) is 1. The molecule has 7 heteroatoms. The van der Waals surface area contributed by atoms with Crippen LogP contribution in [0.1, 0.15) is 12.5 Å². The molecule has 2 amide bonds. The van der Waals surface area contributed by atoms with Crippen LogP contribution in [0.3, 0.4) is 0 Å². The van der Waals surface area contributed by atoms with Crippen molar-refractivity contribution in [2.45, 2.75) is 19.4 Å². The van der Waals surface area contributed by atoms with Crippen molar-refractivity contribution in [1.29, 1.82) is 0 Å². The molecule has 2 rings (SSSR count). The highest BCUT2D eigenvalue weighted by atomic mass is 16.5. The number of phenolic OH excluding ortho intramolecular Hbond substituents is 1. The quantitative estimate of drug-likeness (QED) is 0.647. The van der Waals surface area contributed by atoms with Crippen LogP contribution in [0.4, 0.5) is 0 Å². The first-order chi connectivity index (χ1) is 11.5. The van der Waals surface area contributed by atoms with Gasteiger partial charge in [-0.1, -0.05) is 12.1 Å². The summed E-state index contributed by atoms with van der Waals surface area (Å²) in [6.45, 7) is 5.19. The van der Waals surface area contributed by atoms with E-state index in [9.17, 15) is 14.7 Å². The van der Waals surface area contributed by atoms with E-state index >= 15 is 0 Å². The first-order valence-electron chi connectivity index (χ1n) is 8.17. The SMILES string of the molecule is CC(=O)NC(CN1CCOCC1)C(=O)NCCc1ccc(O)cc1. The first kappa shape index (κ1) is 18.2. The third-order valence-electron chi connectivity index (χ3n) is 3.89. The Bertz CT molecular complexity index is 541. The van der Waals surface area contributed by atoms with Gasteiger partial charge in [0, 0.05) is 33.1 Å². The Kier molecular flexibility index (Phi) is 7.02. The maximum absolute atomic E-state index is 12.4. The molecule has 0 saturated carbocycles. The van der Waals surface area contributed by atoms with Crippen molar-refractivity contribution in [2.75, 3.05) is 39.4 Å². The molecule has 1 aliphatic rings. The van der Waals surface area contributed by atoms with E-state index in [0.717, 1.165) is 18.7 Å². The molecular weight excluding hydrogens is 310 g/mol. The van der Waals surface area contributed by atoms with E-state index in [1.165, 1.54) is 6.92 Å². The van der Waals surface area contributed by atoms with Crippen LogP contribution in [0.15, 0.2) is 24.3 Å². The Morgan fingerprint density at radius 3 is 2.54 bits per heavy atom. The average molecular weight is 335 g/mol. The molecule has 1 unspecified atom stereocenters. The molecule has 0 bridgehead atoms. The van der Waals surface area contributed by atoms with Gasteiger partial charge in [0.2, 0.25) is 11.8 Å². The lowest BCUT2D eigenvalue weighted by atomic mass is 10.1. The molecule has 1 aliphatic heterocycles. The number of nitrogens with one attached hydrogen (secondary N) is 2. The Hall–Kier alpha value is -2.12. The number of hydrogen-bond acceptors (Lipinski definition) is 5. The molecule has 1 aromatic carbocycles. The molecule has 0 aromatic heterocycles. The van der Waals surface area contributed by atoms with Crippen LogP contribution in [-0.4, -0.2) is 67.3 Å². The van der Waals surface area contributed by atoms with Crippen LogP contribution in [0, 0.1) is 0 Å². The largest absolute Gasteiger partial charge is 0.508 e. The third kappa shape index (κ3) is 6.17. The normalized spacial score (nSPS) is 16.4. The number of rotatable bonds is 7. The standard InChI is InChI=1S/C17H25N3O4/c1-13(21)19-16(12-20-8-10-24-11-9-20)17(23)18-7-6-14-2-4-15(22)5-3-14/h2-5,16,22H,6-12H2,1H3,(H,18,23)(H,19,21). The van der Waals surface area contributed by atoms with E-state index in [0.29, 0.717) is 32.7 Å². The number of hydrogen-bond donors (Lipinski definition) is 3. The van der Waals surface area contributed by atoms with Crippen LogP contribution in [-0.2, 0) is 20.7 Å². The van der Waals surface area contributed by atoms with E-state index in [1.54, 1.807) is 12.1 Å². The lowest BCUT2D eigenvalue weighted by Gasteiger charge is -2.30. The summed E-state index contributed by atoms with van der Waals surface area (Å²) in [5, 5.41) is 14.8. The summed E-state index contributed by atoms with van der Waals surface area (Å²) in [6.07, 6.45) is 0.663. The van der Waals surface area contributed by atoms with Crippen molar-refractivity contribution in [3.05, 3.63) is 29.8 Å². The van der Waals surface area contributed by atoms with E-state index < -0.39 is 6.04 Å². The topological polar surface area (TPSA) is 90.9 Å². The predicted molar refractivity (Wildman–Crippen MR) is 89.7 cm³/mol. The lowest BCUT2D eigenvalue weighted by molar-refractivity contribution is -0.128. The number of aromatic hydroxyl groups is 1. The minimum absolute atomic E-state index is 0.185. The lowest BCUT2D eigenvalue weighted by Crippen LogP contribution is -2.54. The highest BCUT2D eigenvalue weighted by Gasteiger charge is 2.23. The number of amides is 2. The number of carbonyl (C=O) groups is 2. The van der Waals surface area contributed by atoms with Crippen molar-refractivity contribution in [2.24, 2.45) is 0 Å². The van der Waals surface area contributed by atoms with Gasteiger partial charge in [0.1, 0.15) is 11.8 Å². The zero-order valence-corrected chi connectivity index (χ0v) is 14.0. The van der Waals surface area contributed by atoms with Gasteiger partial charge in [-0.25, -0.2) is 0 Å². The highest BCUT2D eigenvalue weighted by molar-refractivity contribution is 5.87. The summed E-state index contributed by atoms with van der Waals surface area (Å²) in [5.41, 5.74) is 1.03. The van der Waals surface area contributed by atoms with Gasteiger partial charge in [0.15, 0.2) is 0 Å². The van der Waals surface area contributed by atoms with Gasteiger partial charge < -0.3 is 20.5 Å². The summed E-state index contributed by atoms with van der Waals surface area (Å²) in [6, 6.07) is 6.31. The molecule has 1 heterocycles. The van der Waals surface area contributed by atoms with Gasteiger partial charge in [-0.15, -0.1) is 0 Å². The maximum atomic E-state index is 12.4. The Labute approximate surface area is 142 Å². The number of benzene rings is 1. The van der Waals surface area contributed by atoms with Crippen molar-refractivity contribution in [3.63, 3.8) is 0 Å². The number of morpholine rings is 1. The van der Waals surface area contributed by atoms with Gasteiger partial charge in [-0.2, -0.15) is 0 Å². The molecule has 3 N–H and O–H groups in total. The summed E-state index contributed by atoms with van der Waals surface area (Å²) in [5.74, 6) is -0.184. The van der Waals surface area contributed by atoms with E-state index in [2.05, 4.69) is 15.5 Å². The second kappa shape index (κ2) is 9.24. The Morgan fingerprint density at radius 2 is 1.92 bits per heavy atom. The van der Waals surface area contributed by atoms with Crippen LogP contribution in [0.5, 0.6) is 5.75 Å². The molecule has 24 heavy (non-hydrogen) atoms. The fraction of sp³-hybridized carbons (Fsp3) is 0.529. The average Bonchev–Trinajstić information content (AvgIpc) is 2.56. The number of phenols is 1. The van der Waals surface area contributed by atoms with Gasteiger partial charge in [0.05, 0.1) is 13.2 Å². The molecule has 0 aliphatic carbocycles. The summed E-state index contributed by atoms with van der Waals surface area (Å²) < 4.78 is 5.30. The molecule has 132 valence electrons. The molecule has 0 spiro atoms. The fourth-order valence-electron chi connectivity index (χ4n) is 2.60. The van der Waals surface area contributed by atoms with Crippen LogP contribution >= 0.6 is 0 Å². The van der Waals surface area contributed by atoms with Crippen molar-refractivity contribution < 1.29 is 19.4 Å². The van der Waals surface area contributed by atoms with E-state index in [4.69, 9.17) is 4.74 Å². The third-order valence-corrected chi connectivity index (χ3v) is 3.89. The molecule has 1 saturated heterocycles. The van der Waals surface area contributed by atoms with Gasteiger partial charge in [0.25, 0.3) is 0 Å². The molecular formula is C17H25N3O4. The van der Waals surface area contributed by atoms with Crippen molar-refractivity contribution in [3.8, 4) is 5.75 Å².